The summed E-state index contributed by atoms with van der Waals surface area (Å²) in [6.07, 6.45) is 0. The number of nitrogens with zero attached hydrogens (tertiary/aromatic N) is 1. The number of anilines is 1. The lowest BCUT2D eigenvalue weighted by atomic mass is 10.2. The van der Waals surface area contributed by atoms with Crippen LogP contribution >= 0.6 is 11.6 Å². The zero-order chi connectivity index (χ0) is 15.9. The zero-order valence-corrected chi connectivity index (χ0v) is 12.4. The largest absolute Gasteiger partial charge is 0.492 e. The van der Waals surface area contributed by atoms with Crippen molar-refractivity contribution in [2.24, 2.45) is 5.73 Å². The lowest BCUT2D eigenvalue weighted by Crippen LogP contribution is -2.13. The Morgan fingerprint density at radius 1 is 1.32 bits per heavy atom. The minimum atomic E-state index is -0.558. The first-order valence-electron chi connectivity index (χ1n) is 6.56. The lowest BCUT2D eigenvalue weighted by Gasteiger charge is -2.10. The van der Waals surface area contributed by atoms with E-state index in [9.17, 15) is 4.79 Å². The van der Waals surface area contributed by atoms with Gasteiger partial charge in [-0.25, -0.2) is 0 Å². The summed E-state index contributed by atoms with van der Waals surface area (Å²) in [6, 6.07) is 13.9. The number of nitrogens with two attached hydrogens (primary N) is 1. The SMILES string of the molecule is N#Cc1cccc(OCCNc2ccc(C(N)=O)c(Cl)c2)c1. The van der Waals surface area contributed by atoms with Gasteiger partial charge in [0, 0.05) is 12.2 Å². The van der Waals surface area contributed by atoms with Crippen molar-refractivity contribution in [2.45, 2.75) is 0 Å². The van der Waals surface area contributed by atoms with Crippen LogP contribution in [0.4, 0.5) is 5.69 Å². The van der Waals surface area contributed by atoms with E-state index in [1.807, 2.05) is 0 Å². The van der Waals surface area contributed by atoms with Crippen molar-refractivity contribution in [3.05, 3.63) is 58.6 Å². The fraction of sp³-hybridized carbons (Fsp3) is 0.125. The van der Waals surface area contributed by atoms with E-state index in [1.165, 1.54) is 0 Å². The van der Waals surface area contributed by atoms with Crippen LogP contribution in [0.2, 0.25) is 5.02 Å². The summed E-state index contributed by atoms with van der Waals surface area (Å²) in [6.45, 7) is 0.965. The summed E-state index contributed by atoms with van der Waals surface area (Å²) in [4.78, 5) is 11.1. The van der Waals surface area contributed by atoms with Gasteiger partial charge in [0.05, 0.1) is 22.2 Å². The smallest absolute Gasteiger partial charge is 0.250 e. The molecular formula is C16H14ClN3O2. The highest BCUT2D eigenvalue weighted by Crippen LogP contribution is 2.20. The number of rotatable bonds is 6. The summed E-state index contributed by atoms with van der Waals surface area (Å²) in [5.41, 5.74) is 6.80. The quantitative estimate of drug-likeness (QED) is 0.802. The summed E-state index contributed by atoms with van der Waals surface area (Å²) in [7, 11) is 0. The second kappa shape index (κ2) is 7.34. The number of carbonyl (C=O) groups excluding carboxylic acids is 1. The number of halogens is 1. The average molecular weight is 316 g/mol. The molecule has 2 aromatic carbocycles. The molecule has 22 heavy (non-hydrogen) atoms. The van der Waals surface area contributed by atoms with Crippen molar-refractivity contribution in [1.82, 2.24) is 0 Å². The van der Waals surface area contributed by atoms with Gasteiger partial charge in [0.15, 0.2) is 0 Å². The Hall–Kier alpha value is -2.71. The zero-order valence-electron chi connectivity index (χ0n) is 11.7. The first-order valence-corrected chi connectivity index (χ1v) is 6.94. The predicted octanol–water partition coefficient (Wildman–Crippen LogP) is 2.80. The van der Waals surface area contributed by atoms with Gasteiger partial charge in [0.1, 0.15) is 12.4 Å². The molecule has 2 rings (SSSR count). The second-order valence-electron chi connectivity index (χ2n) is 4.47. The van der Waals surface area contributed by atoms with Gasteiger partial charge in [-0.15, -0.1) is 0 Å². The number of benzene rings is 2. The summed E-state index contributed by atoms with van der Waals surface area (Å²) < 4.78 is 5.54. The van der Waals surface area contributed by atoms with Crippen LogP contribution in [0.5, 0.6) is 5.75 Å². The molecule has 0 radical (unpaired) electrons. The molecule has 0 saturated carbocycles. The van der Waals surface area contributed by atoms with E-state index >= 15 is 0 Å². The molecule has 1 amide bonds. The van der Waals surface area contributed by atoms with Crippen LogP contribution in [0.25, 0.3) is 0 Å². The predicted molar refractivity (Wildman–Crippen MR) is 85.1 cm³/mol. The van der Waals surface area contributed by atoms with Crippen LogP contribution in [0.1, 0.15) is 15.9 Å². The van der Waals surface area contributed by atoms with Crippen molar-refractivity contribution in [3.63, 3.8) is 0 Å². The highest BCUT2D eigenvalue weighted by atomic mass is 35.5. The van der Waals surface area contributed by atoms with E-state index in [0.29, 0.717) is 29.5 Å². The third-order valence-electron chi connectivity index (χ3n) is 2.90. The van der Waals surface area contributed by atoms with Gasteiger partial charge in [-0.2, -0.15) is 5.26 Å². The van der Waals surface area contributed by atoms with Crippen LogP contribution in [0, 0.1) is 11.3 Å². The van der Waals surface area contributed by atoms with Gasteiger partial charge >= 0.3 is 0 Å². The molecule has 5 nitrogen and oxygen atoms in total. The van der Waals surface area contributed by atoms with Crippen LogP contribution < -0.4 is 15.8 Å². The third kappa shape index (κ3) is 4.14. The molecule has 0 aromatic heterocycles. The molecule has 0 spiro atoms. The van der Waals surface area contributed by atoms with E-state index in [1.54, 1.807) is 42.5 Å². The average Bonchev–Trinajstić information content (AvgIpc) is 2.51. The van der Waals surface area contributed by atoms with Crippen LogP contribution in [0.15, 0.2) is 42.5 Å². The monoisotopic (exact) mass is 315 g/mol. The molecule has 0 atom stereocenters. The molecule has 0 saturated heterocycles. The van der Waals surface area contributed by atoms with E-state index in [0.717, 1.165) is 5.69 Å². The highest BCUT2D eigenvalue weighted by molar-refractivity contribution is 6.34. The number of hydrogen-bond donors (Lipinski definition) is 2. The summed E-state index contributed by atoms with van der Waals surface area (Å²) in [5, 5.41) is 12.2. The van der Waals surface area contributed by atoms with E-state index < -0.39 is 5.91 Å². The van der Waals surface area contributed by atoms with Crippen LogP contribution in [-0.4, -0.2) is 19.1 Å². The van der Waals surface area contributed by atoms with Crippen LogP contribution in [-0.2, 0) is 0 Å². The van der Waals surface area contributed by atoms with Gasteiger partial charge in [-0.1, -0.05) is 17.7 Å². The molecule has 0 unspecified atom stereocenters. The van der Waals surface area contributed by atoms with Crippen molar-refractivity contribution in [2.75, 3.05) is 18.5 Å². The Bertz CT molecular complexity index is 726. The maximum Gasteiger partial charge on any atom is 0.250 e. The van der Waals surface area contributed by atoms with Crippen molar-refractivity contribution >= 4 is 23.2 Å². The van der Waals surface area contributed by atoms with E-state index in [4.69, 9.17) is 27.3 Å². The summed E-state index contributed by atoms with van der Waals surface area (Å²) in [5.74, 6) is 0.0835. The minimum absolute atomic E-state index is 0.289. The highest BCUT2D eigenvalue weighted by Gasteiger charge is 2.06. The van der Waals surface area contributed by atoms with Gasteiger partial charge in [0.2, 0.25) is 5.91 Å². The Morgan fingerprint density at radius 3 is 2.82 bits per heavy atom. The molecule has 112 valence electrons. The number of primary amides is 1. The molecule has 0 bridgehead atoms. The molecule has 0 aliphatic carbocycles. The van der Waals surface area contributed by atoms with E-state index in [-0.39, 0.29) is 5.56 Å². The number of carbonyl (C=O) groups is 1. The van der Waals surface area contributed by atoms with Crippen molar-refractivity contribution < 1.29 is 9.53 Å². The second-order valence-corrected chi connectivity index (χ2v) is 4.88. The molecule has 0 aliphatic heterocycles. The maximum atomic E-state index is 11.1. The van der Waals surface area contributed by atoms with Crippen LogP contribution in [0.3, 0.4) is 0 Å². The number of nitrogens with one attached hydrogen (secondary N) is 1. The van der Waals surface area contributed by atoms with Gasteiger partial charge in [-0.05, 0) is 36.4 Å². The summed E-state index contributed by atoms with van der Waals surface area (Å²) >= 11 is 5.96. The normalized spacial score (nSPS) is 9.82. The standard InChI is InChI=1S/C16H14ClN3O2/c17-15-9-12(4-5-14(15)16(19)21)20-6-7-22-13-3-1-2-11(8-13)10-18/h1-5,8-9,20H,6-7H2,(H2,19,21). The topological polar surface area (TPSA) is 88.1 Å². The van der Waals surface area contributed by atoms with Crippen molar-refractivity contribution in [3.8, 4) is 11.8 Å². The van der Waals surface area contributed by atoms with E-state index in [2.05, 4.69) is 11.4 Å². The fourth-order valence-corrected chi connectivity index (χ4v) is 2.12. The molecule has 0 fully saturated rings. The van der Waals surface area contributed by atoms with Gasteiger partial charge < -0.3 is 15.8 Å². The Balaban J connectivity index is 1.85. The Kier molecular flexibility index (Phi) is 5.23. The molecule has 0 heterocycles. The lowest BCUT2D eigenvalue weighted by molar-refractivity contribution is 0.100. The number of hydrogen-bond acceptors (Lipinski definition) is 4. The third-order valence-corrected chi connectivity index (χ3v) is 3.21. The molecule has 3 N–H and O–H groups in total. The van der Waals surface area contributed by atoms with Gasteiger partial charge in [0.25, 0.3) is 0 Å². The maximum absolute atomic E-state index is 11.1. The number of nitriles is 1. The molecule has 0 aliphatic rings. The molecule has 2 aromatic rings. The first-order chi connectivity index (χ1) is 10.6. The molecule has 6 heteroatoms. The van der Waals surface area contributed by atoms with Crippen molar-refractivity contribution in [1.29, 1.82) is 5.26 Å². The number of ether oxygens (including phenoxy) is 1. The Labute approximate surface area is 133 Å². The number of amides is 1. The molecular weight excluding hydrogens is 302 g/mol. The first kappa shape index (κ1) is 15.7. The minimum Gasteiger partial charge on any atom is -0.492 e. The Morgan fingerprint density at radius 2 is 2.14 bits per heavy atom. The fourth-order valence-electron chi connectivity index (χ4n) is 1.84. The van der Waals surface area contributed by atoms with Gasteiger partial charge in [-0.3, -0.25) is 4.79 Å².